The molecule has 19 heavy (non-hydrogen) atoms. The number of nitrogens with zero attached hydrogens (tertiary/aromatic N) is 2. The van der Waals surface area contributed by atoms with Crippen molar-refractivity contribution in [2.75, 3.05) is 23.7 Å². The normalized spacial score (nSPS) is 19.5. The molecule has 0 radical (unpaired) electrons. The van der Waals surface area contributed by atoms with Gasteiger partial charge in [-0.1, -0.05) is 5.16 Å². The molecule has 0 spiro atoms. The van der Waals surface area contributed by atoms with Crippen LogP contribution in [0.1, 0.15) is 19.4 Å². The van der Waals surface area contributed by atoms with Crippen LogP contribution in [-0.4, -0.2) is 34.6 Å². The number of rotatable bonds is 2. The van der Waals surface area contributed by atoms with E-state index in [0.717, 1.165) is 24.5 Å². The van der Waals surface area contributed by atoms with Gasteiger partial charge in [-0.3, -0.25) is 0 Å². The van der Waals surface area contributed by atoms with Crippen molar-refractivity contribution < 1.29 is 9.60 Å². The zero-order chi connectivity index (χ0) is 14.0. The molecule has 0 aliphatic carbocycles. The average Bonchev–Trinajstić information content (AvgIpc) is 2.36. The maximum Gasteiger partial charge on any atom is 0.172 e. The van der Waals surface area contributed by atoms with E-state index in [1.807, 2.05) is 11.8 Å². The third-order valence-electron chi connectivity index (χ3n) is 3.11. The van der Waals surface area contributed by atoms with Crippen molar-refractivity contribution in [1.29, 1.82) is 0 Å². The minimum atomic E-state index is -0.393. The molecule has 0 amide bonds. The maximum atomic E-state index is 13.3. The molecule has 2 rings (SSSR count). The summed E-state index contributed by atoms with van der Waals surface area (Å²) in [6.45, 7) is 6.06. The fraction of sp³-hybridized carbons (Fsp3) is 0.462. The number of amidine groups is 1. The fourth-order valence-electron chi connectivity index (χ4n) is 2.27. The van der Waals surface area contributed by atoms with Gasteiger partial charge in [0.1, 0.15) is 5.82 Å². The van der Waals surface area contributed by atoms with Crippen LogP contribution >= 0.6 is 11.8 Å². The van der Waals surface area contributed by atoms with Crippen LogP contribution in [0.25, 0.3) is 0 Å². The predicted octanol–water partition coefficient (Wildman–Crippen LogP) is 2.25. The van der Waals surface area contributed by atoms with Crippen molar-refractivity contribution >= 4 is 23.3 Å². The molecule has 0 atom stereocenters. The van der Waals surface area contributed by atoms with Gasteiger partial charge in [0.25, 0.3) is 0 Å². The monoisotopic (exact) mass is 283 g/mol. The van der Waals surface area contributed by atoms with Gasteiger partial charge in [-0.05, 0) is 32.0 Å². The van der Waals surface area contributed by atoms with E-state index in [-0.39, 0.29) is 10.6 Å². The summed E-state index contributed by atoms with van der Waals surface area (Å²) in [4.78, 5) is 2.16. The third kappa shape index (κ3) is 3.12. The van der Waals surface area contributed by atoms with Crippen LogP contribution in [0, 0.1) is 5.82 Å². The molecule has 1 aliphatic rings. The van der Waals surface area contributed by atoms with Gasteiger partial charge in [0, 0.05) is 34.8 Å². The van der Waals surface area contributed by atoms with Crippen molar-refractivity contribution in [3.63, 3.8) is 0 Å². The van der Waals surface area contributed by atoms with E-state index in [1.165, 1.54) is 12.1 Å². The van der Waals surface area contributed by atoms with Gasteiger partial charge in [0.05, 0.1) is 0 Å². The van der Waals surface area contributed by atoms with Crippen molar-refractivity contribution in [1.82, 2.24) is 0 Å². The second-order valence-electron chi connectivity index (χ2n) is 5.18. The number of nitrogens with two attached hydrogens (primary N) is 1. The summed E-state index contributed by atoms with van der Waals surface area (Å²) in [6.07, 6.45) is 0. The molecule has 1 aromatic carbocycles. The molecule has 0 aromatic heterocycles. The van der Waals surface area contributed by atoms with E-state index in [1.54, 1.807) is 6.07 Å². The molecular formula is C13H18FN3OS. The van der Waals surface area contributed by atoms with E-state index in [0.29, 0.717) is 5.56 Å². The largest absolute Gasteiger partial charge is 0.409 e. The zero-order valence-corrected chi connectivity index (χ0v) is 11.9. The summed E-state index contributed by atoms with van der Waals surface area (Å²) in [6, 6.07) is 4.39. The van der Waals surface area contributed by atoms with Crippen molar-refractivity contribution in [3.05, 3.63) is 29.6 Å². The summed E-state index contributed by atoms with van der Waals surface area (Å²) in [7, 11) is 0. The third-order valence-corrected chi connectivity index (χ3v) is 4.41. The lowest BCUT2D eigenvalue weighted by atomic mass is 10.1. The molecule has 1 saturated heterocycles. The van der Waals surface area contributed by atoms with Crippen LogP contribution < -0.4 is 10.6 Å². The van der Waals surface area contributed by atoms with Crippen molar-refractivity contribution in [3.8, 4) is 0 Å². The maximum absolute atomic E-state index is 13.3. The van der Waals surface area contributed by atoms with Crippen molar-refractivity contribution in [2.45, 2.75) is 18.6 Å². The molecule has 6 heteroatoms. The molecule has 0 saturated carbocycles. The first kappa shape index (κ1) is 14.0. The van der Waals surface area contributed by atoms with Gasteiger partial charge < -0.3 is 15.8 Å². The van der Waals surface area contributed by atoms with Gasteiger partial charge in [0.15, 0.2) is 5.84 Å². The minimum absolute atomic E-state index is 0.0643. The number of thioether (sulfide) groups is 1. The Bertz CT molecular complexity index is 505. The Morgan fingerprint density at radius 1 is 1.53 bits per heavy atom. The van der Waals surface area contributed by atoms with Crippen molar-refractivity contribution in [2.24, 2.45) is 10.9 Å². The van der Waals surface area contributed by atoms with E-state index < -0.39 is 5.82 Å². The van der Waals surface area contributed by atoms with E-state index in [2.05, 4.69) is 23.9 Å². The number of hydrogen-bond donors (Lipinski definition) is 2. The molecule has 1 aliphatic heterocycles. The molecule has 3 N–H and O–H groups in total. The Labute approximate surface area is 116 Å². The minimum Gasteiger partial charge on any atom is -0.409 e. The molecule has 104 valence electrons. The van der Waals surface area contributed by atoms with Crippen LogP contribution in [0.5, 0.6) is 0 Å². The van der Waals surface area contributed by atoms with Crippen LogP contribution in [0.15, 0.2) is 23.4 Å². The second-order valence-corrected chi connectivity index (χ2v) is 6.98. The lowest BCUT2D eigenvalue weighted by Gasteiger charge is -2.39. The lowest BCUT2D eigenvalue weighted by Crippen LogP contribution is -2.44. The predicted molar refractivity (Wildman–Crippen MR) is 77.7 cm³/mol. The summed E-state index contributed by atoms with van der Waals surface area (Å²) in [5.41, 5.74) is 6.89. The summed E-state index contributed by atoms with van der Waals surface area (Å²) < 4.78 is 13.5. The number of anilines is 1. The highest BCUT2D eigenvalue weighted by atomic mass is 32.2. The van der Waals surface area contributed by atoms with Crippen LogP contribution in [0.3, 0.4) is 0 Å². The molecule has 1 heterocycles. The highest BCUT2D eigenvalue weighted by Crippen LogP contribution is 2.33. The van der Waals surface area contributed by atoms with Crippen LogP contribution in [0.4, 0.5) is 10.1 Å². The number of hydrogen-bond acceptors (Lipinski definition) is 4. The first-order chi connectivity index (χ1) is 8.93. The van der Waals surface area contributed by atoms with Gasteiger partial charge in [-0.2, -0.15) is 11.8 Å². The summed E-state index contributed by atoms with van der Waals surface area (Å²) >= 11 is 1.92. The molecule has 0 unspecified atom stereocenters. The van der Waals surface area contributed by atoms with Crippen LogP contribution in [0.2, 0.25) is 0 Å². The molecule has 4 nitrogen and oxygen atoms in total. The van der Waals surface area contributed by atoms with Gasteiger partial charge in [0.2, 0.25) is 0 Å². The first-order valence-corrected chi connectivity index (χ1v) is 7.08. The SMILES string of the molecule is CC1(C)CN(c2ccc(F)cc2/C(N)=N/O)CCS1. The Morgan fingerprint density at radius 3 is 2.89 bits per heavy atom. The van der Waals surface area contributed by atoms with E-state index >= 15 is 0 Å². The average molecular weight is 283 g/mol. The Kier molecular flexibility index (Phi) is 3.89. The van der Waals surface area contributed by atoms with E-state index in [4.69, 9.17) is 10.9 Å². The van der Waals surface area contributed by atoms with Gasteiger partial charge in [-0.15, -0.1) is 0 Å². The topological polar surface area (TPSA) is 61.8 Å². The molecule has 1 fully saturated rings. The Morgan fingerprint density at radius 2 is 2.26 bits per heavy atom. The fourth-order valence-corrected chi connectivity index (χ4v) is 3.38. The number of halogens is 1. The number of benzene rings is 1. The first-order valence-electron chi connectivity index (χ1n) is 6.09. The smallest absolute Gasteiger partial charge is 0.172 e. The standard InChI is InChI=1S/C13H18FN3OS/c1-13(2)8-17(5-6-19-13)11-4-3-9(14)7-10(11)12(15)16-18/h3-4,7,18H,5-6,8H2,1-2H3,(H2,15,16). The van der Waals surface area contributed by atoms with Crippen LogP contribution in [-0.2, 0) is 0 Å². The van der Waals surface area contributed by atoms with E-state index in [9.17, 15) is 4.39 Å². The highest BCUT2D eigenvalue weighted by Gasteiger charge is 2.28. The highest BCUT2D eigenvalue weighted by molar-refractivity contribution is 8.00. The lowest BCUT2D eigenvalue weighted by molar-refractivity contribution is 0.318. The quantitative estimate of drug-likeness (QED) is 0.378. The summed E-state index contributed by atoms with van der Waals surface area (Å²) in [5.74, 6) is 0.543. The number of oxime groups is 1. The second kappa shape index (κ2) is 5.28. The Balaban J connectivity index is 2.39. The molecule has 0 bridgehead atoms. The van der Waals surface area contributed by atoms with Gasteiger partial charge in [-0.25, -0.2) is 4.39 Å². The Hall–Kier alpha value is -1.43. The molecule has 1 aromatic rings. The van der Waals surface area contributed by atoms with Gasteiger partial charge >= 0.3 is 0 Å². The summed E-state index contributed by atoms with van der Waals surface area (Å²) in [5, 5.41) is 11.8. The molecular weight excluding hydrogens is 265 g/mol. The zero-order valence-electron chi connectivity index (χ0n) is 11.1.